The second kappa shape index (κ2) is 6.51. The first-order valence-corrected chi connectivity index (χ1v) is 7.99. The molecule has 1 amide bonds. The van der Waals surface area contributed by atoms with Crippen molar-refractivity contribution in [1.29, 1.82) is 0 Å². The Bertz CT molecular complexity index is 592. The third-order valence-corrected chi connectivity index (χ3v) is 3.68. The highest BCUT2D eigenvalue weighted by Gasteiger charge is 2.13. The number of hydrogen-bond acceptors (Lipinski definition) is 4. The van der Waals surface area contributed by atoms with E-state index in [2.05, 4.69) is 0 Å². The molecule has 0 unspecified atom stereocenters. The SMILES string of the molecule is CN(Cc1ccc(C(=O)O)cc1)C(=O)CCS(C)(=O)=O. The molecule has 0 spiro atoms. The van der Waals surface area contributed by atoms with Gasteiger partial charge in [0, 0.05) is 26.3 Å². The number of hydrogen-bond donors (Lipinski definition) is 1. The van der Waals surface area contributed by atoms with Crippen LogP contribution in [-0.2, 0) is 21.2 Å². The lowest BCUT2D eigenvalue weighted by Gasteiger charge is -2.17. The molecule has 7 heteroatoms. The van der Waals surface area contributed by atoms with E-state index in [1.807, 2.05) is 0 Å². The van der Waals surface area contributed by atoms with Crippen LogP contribution < -0.4 is 0 Å². The summed E-state index contributed by atoms with van der Waals surface area (Å²) in [6.45, 7) is 0.308. The van der Waals surface area contributed by atoms with Crippen molar-refractivity contribution in [3.05, 3.63) is 35.4 Å². The molecule has 1 rings (SSSR count). The van der Waals surface area contributed by atoms with Crippen LogP contribution in [0.1, 0.15) is 22.3 Å². The summed E-state index contributed by atoms with van der Waals surface area (Å²) >= 11 is 0. The molecule has 0 heterocycles. The molecule has 1 N–H and O–H groups in total. The second-order valence-corrected chi connectivity index (χ2v) is 6.89. The molecule has 0 atom stereocenters. The van der Waals surface area contributed by atoms with Crippen LogP contribution in [0.4, 0.5) is 0 Å². The molecule has 0 aliphatic carbocycles. The fourth-order valence-electron chi connectivity index (χ4n) is 1.58. The van der Waals surface area contributed by atoms with Crippen molar-refractivity contribution in [3.63, 3.8) is 0 Å². The maximum Gasteiger partial charge on any atom is 0.335 e. The summed E-state index contributed by atoms with van der Waals surface area (Å²) in [5.74, 6) is -1.44. The summed E-state index contributed by atoms with van der Waals surface area (Å²) in [7, 11) is -1.57. The van der Waals surface area contributed by atoms with E-state index >= 15 is 0 Å². The topological polar surface area (TPSA) is 91.8 Å². The van der Waals surface area contributed by atoms with Crippen molar-refractivity contribution in [2.75, 3.05) is 19.1 Å². The van der Waals surface area contributed by atoms with Gasteiger partial charge < -0.3 is 10.0 Å². The Hall–Kier alpha value is -1.89. The van der Waals surface area contributed by atoms with E-state index in [0.717, 1.165) is 11.8 Å². The minimum atomic E-state index is -3.15. The summed E-state index contributed by atoms with van der Waals surface area (Å²) in [6.07, 6.45) is 1.04. The molecule has 0 bridgehead atoms. The van der Waals surface area contributed by atoms with Gasteiger partial charge in [0.2, 0.25) is 5.91 Å². The van der Waals surface area contributed by atoms with Gasteiger partial charge in [-0.25, -0.2) is 13.2 Å². The number of rotatable bonds is 6. The number of carboxylic acids is 1. The molecule has 110 valence electrons. The summed E-state index contributed by atoms with van der Waals surface area (Å²) < 4.78 is 22.0. The van der Waals surface area contributed by atoms with Gasteiger partial charge in [0.15, 0.2) is 0 Å². The molecule has 0 aromatic heterocycles. The zero-order valence-electron chi connectivity index (χ0n) is 11.4. The lowest BCUT2D eigenvalue weighted by Crippen LogP contribution is -2.27. The maximum absolute atomic E-state index is 11.7. The number of benzene rings is 1. The number of sulfone groups is 1. The molecule has 1 aromatic rings. The molecule has 0 saturated heterocycles. The number of carboxylic acid groups (broad SMARTS) is 1. The van der Waals surface area contributed by atoms with E-state index in [1.165, 1.54) is 17.0 Å². The van der Waals surface area contributed by atoms with Gasteiger partial charge in [0.25, 0.3) is 0 Å². The lowest BCUT2D eigenvalue weighted by atomic mass is 10.1. The lowest BCUT2D eigenvalue weighted by molar-refractivity contribution is -0.130. The van der Waals surface area contributed by atoms with Crippen molar-refractivity contribution >= 4 is 21.7 Å². The molecular weight excluding hydrogens is 282 g/mol. The zero-order valence-corrected chi connectivity index (χ0v) is 12.2. The Kier molecular flexibility index (Phi) is 5.26. The van der Waals surface area contributed by atoms with Gasteiger partial charge in [-0.15, -0.1) is 0 Å². The second-order valence-electron chi connectivity index (χ2n) is 4.63. The largest absolute Gasteiger partial charge is 0.478 e. The van der Waals surface area contributed by atoms with Crippen LogP contribution in [0, 0.1) is 0 Å². The minimum absolute atomic E-state index is 0.0530. The Morgan fingerprint density at radius 2 is 1.75 bits per heavy atom. The van der Waals surface area contributed by atoms with Gasteiger partial charge in [-0.3, -0.25) is 4.79 Å². The van der Waals surface area contributed by atoms with E-state index in [9.17, 15) is 18.0 Å². The zero-order chi connectivity index (χ0) is 15.3. The standard InChI is InChI=1S/C13H17NO5S/c1-14(12(15)7-8-20(2,18)19)9-10-3-5-11(6-4-10)13(16)17/h3-6H,7-9H2,1-2H3,(H,16,17). The van der Waals surface area contributed by atoms with Gasteiger partial charge in [-0.05, 0) is 17.7 Å². The van der Waals surface area contributed by atoms with Crippen molar-refractivity contribution in [1.82, 2.24) is 4.90 Å². The van der Waals surface area contributed by atoms with E-state index < -0.39 is 15.8 Å². The van der Waals surface area contributed by atoms with Gasteiger partial charge in [0.1, 0.15) is 9.84 Å². The van der Waals surface area contributed by atoms with Crippen LogP contribution >= 0.6 is 0 Å². The van der Waals surface area contributed by atoms with E-state index in [4.69, 9.17) is 5.11 Å². The summed E-state index contributed by atoms with van der Waals surface area (Å²) in [5.41, 5.74) is 0.963. The highest BCUT2D eigenvalue weighted by atomic mass is 32.2. The van der Waals surface area contributed by atoms with Gasteiger partial charge >= 0.3 is 5.97 Å². The number of nitrogens with zero attached hydrogens (tertiary/aromatic N) is 1. The first-order valence-electron chi connectivity index (χ1n) is 5.93. The monoisotopic (exact) mass is 299 g/mol. The Balaban J connectivity index is 2.59. The molecule has 0 saturated carbocycles. The molecule has 1 aromatic carbocycles. The van der Waals surface area contributed by atoms with Crippen LogP contribution in [-0.4, -0.2) is 49.4 Å². The molecule has 0 aliphatic heterocycles. The van der Waals surface area contributed by atoms with E-state index in [0.29, 0.717) is 6.54 Å². The smallest absolute Gasteiger partial charge is 0.335 e. The molecule has 0 fully saturated rings. The van der Waals surface area contributed by atoms with Gasteiger partial charge in [0.05, 0.1) is 11.3 Å². The molecule has 20 heavy (non-hydrogen) atoms. The van der Waals surface area contributed by atoms with Crippen LogP contribution in [0.25, 0.3) is 0 Å². The van der Waals surface area contributed by atoms with Crippen LogP contribution in [0.2, 0.25) is 0 Å². The van der Waals surface area contributed by atoms with Gasteiger partial charge in [-0.1, -0.05) is 12.1 Å². The van der Waals surface area contributed by atoms with Crippen molar-refractivity contribution in [2.24, 2.45) is 0 Å². The van der Waals surface area contributed by atoms with Gasteiger partial charge in [-0.2, -0.15) is 0 Å². The first-order chi connectivity index (χ1) is 9.19. The fraction of sp³-hybridized carbons (Fsp3) is 0.385. The summed E-state index contributed by atoms with van der Waals surface area (Å²) in [6, 6.07) is 6.19. The fourth-order valence-corrected chi connectivity index (χ4v) is 2.12. The molecule has 6 nitrogen and oxygen atoms in total. The van der Waals surface area contributed by atoms with Crippen molar-refractivity contribution < 1.29 is 23.1 Å². The van der Waals surface area contributed by atoms with Crippen LogP contribution in [0.5, 0.6) is 0 Å². The number of carbonyl (C=O) groups excluding carboxylic acids is 1. The van der Waals surface area contributed by atoms with Crippen molar-refractivity contribution in [3.8, 4) is 0 Å². The Morgan fingerprint density at radius 3 is 2.20 bits per heavy atom. The third-order valence-electron chi connectivity index (χ3n) is 2.73. The quantitative estimate of drug-likeness (QED) is 0.838. The molecule has 0 radical (unpaired) electrons. The third kappa shape index (κ3) is 5.40. The molecule has 0 aliphatic rings. The Labute approximate surface area is 117 Å². The normalized spacial score (nSPS) is 11.1. The van der Waals surface area contributed by atoms with Crippen LogP contribution in [0.3, 0.4) is 0 Å². The number of carbonyl (C=O) groups is 2. The predicted molar refractivity (Wildman–Crippen MR) is 74.2 cm³/mol. The maximum atomic E-state index is 11.7. The van der Waals surface area contributed by atoms with E-state index in [-0.39, 0.29) is 23.6 Å². The summed E-state index contributed by atoms with van der Waals surface area (Å²) in [4.78, 5) is 23.9. The van der Waals surface area contributed by atoms with Crippen LogP contribution in [0.15, 0.2) is 24.3 Å². The first kappa shape index (κ1) is 16.2. The Morgan fingerprint density at radius 1 is 1.20 bits per heavy atom. The minimum Gasteiger partial charge on any atom is -0.478 e. The highest BCUT2D eigenvalue weighted by Crippen LogP contribution is 2.08. The summed E-state index contributed by atoms with van der Waals surface area (Å²) in [5, 5.41) is 8.77. The van der Waals surface area contributed by atoms with Crippen molar-refractivity contribution in [2.45, 2.75) is 13.0 Å². The molecular formula is C13H17NO5S. The number of aromatic carboxylic acids is 1. The average Bonchev–Trinajstić information content (AvgIpc) is 2.35. The van der Waals surface area contributed by atoms with E-state index in [1.54, 1.807) is 19.2 Å². The predicted octanol–water partition coefficient (Wildman–Crippen LogP) is 0.778. The average molecular weight is 299 g/mol. The number of amides is 1. The highest BCUT2D eigenvalue weighted by molar-refractivity contribution is 7.90.